The largest absolute Gasteiger partial charge is 0.379 e. The highest BCUT2D eigenvalue weighted by molar-refractivity contribution is 5.78. The van der Waals surface area contributed by atoms with Crippen LogP contribution in [0.15, 0.2) is 28.8 Å². The summed E-state index contributed by atoms with van der Waals surface area (Å²) in [6.07, 6.45) is 0.869. The van der Waals surface area contributed by atoms with Crippen molar-refractivity contribution in [2.45, 2.75) is 19.9 Å². The first-order valence-electron chi connectivity index (χ1n) is 5.85. The second kappa shape index (κ2) is 3.80. The molecule has 17 heavy (non-hydrogen) atoms. The molecule has 1 aromatic heterocycles. The number of nitrogens with one attached hydrogen (secondary N) is 1. The second-order valence-electron chi connectivity index (χ2n) is 4.19. The topological polar surface area (TPSA) is 41.3 Å². The molecular formula is C13H15N3O. The molecule has 0 unspecified atom stereocenters. The lowest BCUT2D eigenvalue weighted by Crippen LogP contribution is -2.10. The summed E-state index contributed by atoms with van der Waals surface area (Å²) in [7, 11) is 2.02. The zero-order valence-electron chi connectivity index (χ0n) is 10.0. The van der Waals surface area contributed by atoms with E-state index in [2.05, 4.69) is 34.4 Å². The number of nitrogens with zero attached hydrogens (tertiary/aromatic N) is 2. The van der Waals surface area contributed by atoms with Gasteiger partial charge >= 0.3 is 0 Å². The van der Waals surface area contributed by atoms with Gasteiger partial charge in [0.25, 0.3) is 0 Å². The van der Waals surface area contributed by atoms with Gasteiger partial charge in [0.2, 0.25) is 0 Å². The highest BCUT2D eigenvalue weighted by atomic mass is 16.5. The monoisotopic (exact) mass is 229 g/mol. The van der Waals surface area contributed by atoms with Gasteiger partial charge in [-0.2, -0.15) is 0 Å². The first-order valence-corrected chi connectivity index (χ1v) is 5.85. The van der Waals surface area contributed by atoms with Crippen LogP contribution in [0.1, 0.15) is 18.2 Å². The van der Waals surface area contributed by atoms with Gasteiger partial charge in [0.15, 0.2) is 5.82 Å². The molecule has 4 nitrogen and oxygen atoms in total. The van der Waals surface area contributed by atoms with Gasteiger partial charge in [0.1, 0.15) is 5.76 Å². The van der Waals surface area contributed by atoms with Crippen LogP contribution >= 0.6 is 0 Å². The van der Waals surface area contributed by atoms with E-state index in [1.165, 1.54) is 0 Å². The Hall–Kier alpha value is -1.97. The number of rotatable bonds is 1. The van der Waals surface area contributed by atoms with Crippen molar-refractivity contribution in [1.82, 2.24) is 5.16 Å². The molecule has 0 saturated carbocycles. The third kappa shape index (κ3) is 1.48. The minimum atomic E-state index is 0.767. The van der Waals surface area contributed by atoms with Crippen molar-refractivity contribution in [2.24, 2.45) is 0 Å². The lowest BCUT2D eigenvalue weighted by atomic mass is 10.2. The fourth-order valence-electron chi connectivity index (χ4n) is 2.27. The van der Waals surface area contributed by atoms with Crippen LogP contribution in [0.2, 0.25) is 0 Å². The van der Waals surface area contributed by atoms with Crippen LogP contribution in [0, 0.1) is 0 Å². The molecule has 0 atom stereocenters. The normalized spacial score (nSPS) is 13.6. The van der Waals surface area contributed by atoms with Crippen LogP contribution in [-0.4, -0.2) is 12.2 Å². The molecule has 1 aromatic carbocycles. The Bertz CT molecular complexity index is 547. The van der Waals surface area contributed by atoms with Crippen molar-refractivity contribution in [1.29, 1.82) is 0 Å². The van der Waals surface area contributed by atoms with E-state index in [0.717, 1.165) is 41.5 Å². The molecule has 0 radical (unpaired) electrons. The lowest BCUT2D eigenvalue weighted by Gasteiger charge is -2.17. The molecule has 3 rings (SSSR count). The summed E-state index contributed by atoms with van der Waals surface area (Å²) < 4.78 is 5.38. The highest BCUT2D eigenvalue weighted by Crippen LogP contribution is 2.36. The molecule has 0 saturated heterocycles. The van der Waals surface area contributed by atoms with Crippen LogP contribution in [0.25, 0.3) is 0 Å². The number of anilines is 3. The van der Waals surface area contributed by atoms with Gasteiger partial charge < -0.3 is 14.7 Å². The van der Waals surface area contributed by atoms with Crippen LogP contribution < -0.4 is 10.2 Å². The van der Waals surface area contributed by atoms with Crippen molar-refractivity contribution in [2.75, 3.05) is 17.3 Å². The molecule has 4 heteroatoms. The van der Waals surface area contributed by atoms with Crippen LogP contribution in [0.5, 0.6) is 0 Å². The third-order valence-corrected chi connectivity index (χ3v) is 3.21. The third-order valence-electron chi connectivity index (χ3n) is 3.21. The fourth-order valence-corrected chi connectivity index (χ4v) is 2.27. The second-order valence-corrected chi connectivity index (χ2v) is 4.19. The predicted molar refractivity (Wildman–Crippen MR) is 67.7 cm³/mol. The predicted octanol–water partition coefficient (Wildman–Crippen LogP) is 2.93. The fraction of sp³-hybridized carbons (Fsp3) is 0.308. The minimum absolute atomic E-state index is 0.767. The van der Waals surface area contributed by atoms with Gasteiger partial charge in [-0.1, -0.05) is 24.2 Å². The van der Waals surface area contributed by atoms with Crippen LogP contribution in [0.3, 0.4) is 0 Å². The molecule has 0 spiro atoms. The molecular weight excluding hydrogens is 214 g/mol. The Morgan fingerprint density at radius 2 is 2.24 bits per heavy atom. The van der Waals surface area contributed by atoms with E-state index in [9.17, 15) is 0 Å². The summed E-state index contributed by atoms with van der Waals surface area (Å²) in [6, 6.07) is 8.23. The molecule has 88 valence electrons. The minimum Gasteiger partial charge on any atom is -0.379 e. The van der Waals surface area contributed by atoms with Crippen LogP contribution in [0.4, 0.5) is 17.2 Å². The summed E-state index contributed by atoms with van der Waals surface area (Å²) in [5.74, 6) is 1.88. The standard InChI is InChI=1S/C13H15N3O/c1-3-12-9-8-14-10-6-4-5-7-11(10)16(2)13(9)15-17-12/h4-7,14H,3,8H2,1-2H3. The van der Waals surface area contributed by atoms with Gasteiger partial charge in [0, 0.05) is 20.0 Å². The molecule has 1 aliphatic heterocycles. The van der Waals surface area contributed by atoms with Gasteiger partial charge in [-0.05, 0) is 12.1 Å². The molecule has 1 N–H and O–H groups in total. The molecule has 2 aromatic rings. The Morgan fingerprint density at radius 1 is 1.41 bits per heavy atom. The van der Waals surface area contributed by atoms with E-state index in [1.807, 2.05) is 19.2 Å². The van der Waals surface area contributed by atoms with E-state index >= 15 is 0 Å². The quantitative estimate of drug-likeness (QED) is 0.816. The molecule has 1 aliphatic rings. The maximum absolute atomic E-state index is 5.38. The smallest absolute Gasteiger partial charge is 0.181 e. The number of aromatic nitrogens is 1. The summed E-state index contributed by atoms with van der Waals surface area (Å²) >= 11 is 0. The highest BCUT2D eigenvalue weighted by Gasteiger charge is 2.23. The van der Waals surface area contributed by atoms with Crippen LogP contribution in [-0.2, 0) is 13.0 Å². The first-order chi connectivity index (χ1) is 8.31. The van der Waals surface area contributed by atoms with Gasteiger partial charge in [-0.15, -0.1) is 0 Å². The number of fused-ring (bicyclic) bond motifs is 2. The molecule has 0 aliphatic carbocycles. The summed E-state index contributed by atoms with van der Waals surface area (Å²) in [4.78, 5) is 2.08. The first kappa shape index (κ1) is 10.2. The van der Waals surface area contributed by atoms with Gasteiger partial charge in [0.05, 0.1) is 16.9 Å². The number of hydrogen-bond acceptors (Lipinski definition) is 4. The number of para-hydroxylation sites is 2. The van der Waals surface area contributed by atoms with Crippen molar-refractivity contribution in [3.63, 3.8) is 0 Å². The Morgan fingerprint density at radius 3 is 3.06 bits per heavy atom. The Labute approximate surface area is 100 Å². The van der Waals surface area contributed by atoms with Crippen molar-refractivity contribution in [3.05, 3.63) is 35.6 Å². The average molecular weight is 229 g/mol. The average Bonchev–Trinajstić information content (AvgIpc) is 2.73. The van der Waals surface area contributed by atoms with Crippen molar-refractivity contribution in [3.8, 4) is 0 Å². The molecule has 2 heterocycles. The zero-order chi connectivity index (χ0) is 11.8. The maximum Gasteiger partial charge on any atom is 0.181 e. The summed E-state index contributed by atoms with van der Waals surface area (Å²) in [6.45, 7) is 2.85. The zero-order valence-corrected chi connectivity index (χ0v) is 10.0. The van der Waals surface area contributed by atoms with E-state index < -0.39 is 0 Å². The Kier molecular flexibility index (Phi) is 2.28. The maximum atomic E-state index is 5.38. The Balaban J connectivity index is 2.14. The molecule has 0 bridgehead atoms. The number of benzene rings is 1. The van der Waals surface area contributed by atoms with E-state index in [4.69, 9.17) is 4.52 Å². The van der Waals surface area contributed by atoms with Crippen molar-refractivity contribution < 1.29 is 4.52 Å². The SMILES string of the molecule is CCc1onc2c1CNc1ccccc1N2C. The number of hydrogen-bond donors (Lipinski definition) is 1. The number of aryl methyl sites for hydroxylation is 1. The summed E-state index contributed by atoms with van der Waals surface area (Å²) in [5.41, 5.74) is 3.42. The van der Waals surface area contributed by atoms with Crippen molar-refractivity contribution >= 4 is 17.2 Å². The lowest BCUT2D eigenvalue weighted by molar-refractivity contribution is 0.386. The van der Waals surface area contributed by atoms with E-state index in [0.29, 0.717) is 0 Å². The van der Waals surface area contributed by atoms with E-state index in [-0.39, 0.29) is 0 Å². The van der Waals surface area contributed by atoms with Gasteiger partial charge in [-0.3, -0.25) is 0 Å². The molecule has 0 fully saturated rings. The molecule has 0 amide bonds. The summed E-state index contributed by atoms with van der Waals surface area (Å²) in [5, 5.41) is 7.61. The van der Waals surface area contributed by atoms with E-state index in [1.54, 1.807) is 0 Å². The van der Waals surface area contributed by atoms with Gasteiger partial charge in [-0.25, -0.2) is 0 Å².